The zero-order valence-electron chi connectivity index (χ0n) is 16.6. The van der Waals surface area contributed by atoms with Gasteiger partial charge >= 0.3 is 5.69 Å². The van der Waals surface area contributed by atoms with E-state index in [0.29, 0.717) is 19.6 Å². The van der Waals surface area contributed by atoms with Crippen molar-refractivity contribution in [2.75, 3.05) is 26.2 Å². The van der Waals surface area contributed by atoms with Gasteiger partial charge < -0.3 is 9.64 Å². The van der Waals surface area contributed by atoms with E-state index in [1.54, 1.807) is 4.90 Å². The molecule has 3 rings (SSSR count). The number of piperidine rings is 1. The van der Waals surface area contributed by atoms with Crippen LogP contribution in [-0.2, 0) is 14.8 Å². The van der Waals surface area contributed by atoms with Gasteiger partial charge in [0.1, 0.15) is 0 Å². The molecule has 0 aliphatic carbocycles. The third-order valence-electron chi connectivity index (χ3n) is 5.60. The number of carbonyl (C=O) groups excluding carboxylic acids is 1. The SMILES string of the molecule is CC[C@@H]1CCCCN1C(=O)COc1ccc(S(=O)(=O)N2CCCC2)cc1[N+](=O)[O-]. The molecule has 2 heterocycles. The molecule has 0 bridgehead atoms. The van der Waals surface area contributed by atoms with E-state index in [0.717, 1.165) is 44.6 Å². The van der Waals surface area contributed by atoms with E-state index in [2.05, 4.69) is 0 Å². The lowest BCUT2D eigenvalue weighted by molar-refractivity contribution is -0.386. The van der Waals surface area contributed by atoms with Crippen molar-refractivity contribution in [2.45, 2.75) is 56.4 Å². The van der Waals surface area contributed by atoms with E-state index < -0.39 is 20.6 Å². The Bertz CT molecular complexity index is 867. The average Bonchev–Trinajstić information content (AvgIpc) is 3.27. The number of nitrogens with zero attached hydrogens (tertiary/aromatic N) is 3. The number of rotatable bonds is 7. The van der Waals surface area contributed by atoms with Gasteiger partial charge in [-0.3, -0.25) is 14.9 Å². The third kappa shape index (κ3) is 4.69. The summed E-state index contributed by atoms with van der Waals surface area (Å²) in [5.74, 6) is -0.312. The maximum absolute atomic E-state index is 12.7. The fraction of sp³-hybridized carbons (Fsp3) is 0.632. The van der Waals surface area contributed by atoms with E-state index in [-0.39, 0.29) is 29.2 Å². The summed E-state index contributed by atoms with van der Waals surface area (Å²) in [5.41, 5.74) is -0.455. The molecule has 0 aromatic heterocycles. The van der Waals surface area contributed by atoms with Crippen LogP contribution >= 0.6 is 0 Å². The van der Waals surface area contributed by atoms with Gasteiger partial charge in [0.25, 0.3) is 5.91 Å². The molecular weight excluding hydrogens is 398 g/mol. The molecule has 1 atom stereocenters. The van der Waals surface area contributed by atoms with Gasteiger partial charge in [-0.2, -0.15) is 4.31 Å². The average molecular weight is 426 g/mol. The predicted molar refractivity (Wildman–Crippen MR) is 106 cm³/mol. The van der Waals surface area contributed by atoms with Gasteiger partial charge in [-0.25, -0.2) is 8.42 Å². The van der Waals surface area contributed by atoms with Crippen LogP contribution in [0.25, 0.3) is 0 Å². The van der Waals surface area contributed by atoms with Crippen molar-refractivity contribution in [3.63, 3.8) is 0 Å². The number of nitro benzene ring substituents is 1. The van der Waals surface area contributed by atoms with Crippen LogP contribution in [0, 0.1) is 10.1 Å². The Hall–Kier alpha value is -2.20. The first kappa shape index (κ1) is 21.5. The third-order valence-corrected chi connectivity index (χ3v) is 7.49. The van der Waals surface area contributed by atoms with Gasteiger partial charge in [0, 0.05) is 31.7 Å². The number of nitro groups is 1. The molecule has 0 radical (unpaired) electrons. The number of likely N-dealkylation sites (tertiary alicyclic amines) is 1. The van der Waals surface area contributed by atoms with Crippen LogP contribution in [0.2, 0.25) is 0 Å². The molecule has 0 saturated carbocycles. The van der Waals surface area contributed by atoms with Crippen molar-refractivity contribution in [1.82, 2.24) is 9.21 Å². The summed E-state index contributed by atoms with van der Waals surface area (Å²) in [6.07, 6.45) is 5.38. The topological polar surface area (TPSA) is 110 Å². The van der Waals surface area contributed by atoms with E-state index >= 15 is 0 Å². The summed E-state index contributed by atoms with van der Waals surface area (Å²) in [5, 5.41) is 11.5. The number of hydrogen-bond acceptors (Lipinski definition) is 6. The molecule has 1 amide bonds. The minimum atomic E-state index is -3.77. The largest absolute Gasteiger partial charge is 0.477 e. The second-order valence-corrected chi connectivity index (χ2v) is 9.37. The zero-order chi connectivity index (χ0) is 21.0. The fourth-order valence-corrected chi connectivity index (χ4v) is 5.51. The van der Waals surface area contributed by atoms with Crippen LogP contribution in [0.4, 0.5) is 5.69 Å². The van der Waals surface area contributed by atoms with E-state index in [1.807, 2.05) is 6.92 Å². The number of sulfonamides is 1. The minimum Gasteiger partial charge on any atom is -0.477 e. The molecule has 2 aliphatic rings. The highest BCUT2D eigenvalue weighted by atomic mass is 32.2. The van der Waals surface area contributed by atoms with Gasteiger partial charge in [0.2, 0.25) is 10.0 Å². The Morgan fingerprint density at radius 1 is 1.21 bits per heavy atom. The maximum atomic E-state index is 12.7. The standard InChI is InChI=1S/C19H27N3O6S/c1-2-15-7-3-4-12-21(15)19(23)14-28-18-9-8-16(13-17(18)22(24)25)29(26,27)20-10-5-6-11-20/h8-9,13,15H,2-7,10-12,14H2,1H3/t15-/m1/s1. The molecule has 1 aromatic carbocycles. The van der Waals surface area contributed by atoms with E-state index in [1.165, 1.54) is 16.4 Å². The molecule has 2 saturated heterocycles. The van der Waals surface area contributed by atoms with Crippen LogP contribution in [0.3, 0.4) is 0 Å². The van der Waals surface area contributed by atoms with Crippen molar-refractivity contribution < 1.29 is 22.9 Å². The highest BCUT2D eigenvalue weighted by Gasteiger charge is 2.30. The van der Waals surface area contributed by atoms with Crippen LogP contribution < -0.4 is 4.74 Å². The predicted octanol–water partition coefficient (Wildman–Crippen LogP) is 2.55. The van der Waals surface area contributed by atoms with Crippen molar-refractivity contribution in [2.24, 2.45) is 0 Å². The smallest absolute Gasteiger partial charge is 0.312 e. The zero-order valence-corrected chi connectivity index (χ0v) is 17.4. The molecule has 0 spiro atoms. The van der Waals surface area contributed by atoms with Crippen LogP contribution in [-0.4, -0.2) is 60.7 Å². The second-order valence-electron chi connectivity index (χ2n) is 7.43. The maximum Gasteiger partial charge on any atom is 0.312 e. The molecule has 0 unspecified atom stereocenters. The van der Waals surface area contributed by atoms with Gasteiger partial charge in [-0.05, 0) is 50.7 Å². The monoisotopic (exact) mass is 425 g/mol. The second kappa shape index (κ2) is 9.08. The summed E-state index contributed by atoms with van der Waals surface area (Å²) in [6.45, 7) is 3.21. The van der Waals surface area contributed by atoms with Gasteiger partial charge in [0.05, 0.1) is 9.82 Å². The van der Waals surface area contributed by atoms with Crippen LogP contribution in [0.5, 0.6) is 5.75 Å². The first-order valence-corrected chi connectivity index (χ1v) is 11.5. The lowest BCUT2D eigenvalue weighted by atomic mass is 10.00. The molecule has 1 aromatic rings. The number of carbonyl (C=O) groups is 1. The summed E-state index contributed by atoms with van der Waals surface area (Å²) in [7, 11) is -3.77. The number of ether oxygens (including phenoxy) is 1. The number of benzene rings is 1. The molecule has 2 aliphatic heterocycles. The molecule has 0 N–H and O–H groups in total. The number of amides is 1. The first-order valence-electron chi connectivity index (χ1n) is 10.1. The van der Waals surface area contributed by atoms with Crippen molar-refractivity contribution in [3.8, 4) is 5.75 Å². The minimum absolute atomic E-state index is 0.103. The molecular formula is C19H27N3O6S. The van der Waals surface area contributed by atoms with Crippen molar-refractivity contribution in [1.29, 1.82) is 0 Å². The summed E-state index contributed by atoms with van der Waals surface area (Å²) in [6, 6.07) is 3.75. The number of hydrogen-bond donors (Lipinski definition) is 0. The molecule has 9 nitrogen and oxygen atoms in total. The van der Waals surface area contributed by atoms with Gasteiger partial charge in [0.15, 0.2) is 12.4 Å². The van der Waals surface area contributed by atoms with E-state index in [4.69, 9.17) is 4.74 Å². The highest BCUT2D eigenvalue weighted by molar-refractivity contribution is 7.89. The normalized spacial score (nSPS) is 20.6. The lowest BCUT2D eigenvalue weighted by Crippen LogP contribution is -2.45. The Morgan fingerprint density at radius 3 is 2.55 bits per heavy atom. The lowest BCUT2D eigenvalue weighted by Gasteiger charge is -2.35. The van der Waals surface area contributed by atoms with Gasteiger partial charge in [-0.1, -0.05) is 6.92 Å². The molecule has 160 valence electrons. The highest BCUT2D eigenvalue weighted by Crippen LogP contribution is 2.32. The summed E-state index contributed by atoms with van der Waals surface area (Å²) < 4.78 is 32.1. The van der Waals surface area contributed by atoms with Crippen molar-refractivity contribution >= 4 is 21.6 Å². The Labute approximate surface area is 170 Å². The fourth-order valence-electron chi connectivity index (χ4n) is 3.98. The quantitative estimate of drug-likeness (QED) is 0.490. The molecule has 2 fully saturated rings. The van der Waals surface area contributed by atoms with Gasteiger partial charge in [-0.15, -0.1) is 0 Å². The summed E-state index contributed by atoms with van der Waals surface area (Å²) >= 11 is 0. The molecule has 10 heteroatoms. The van der Waals surface area contributed by atoms with Crippen LogP contribution in [0.1, 0.15) is 45.4 Å². The Morgan fingerprint density at radius 2 is 1.90 bits per heavy atom. The van der Waals surface area contributed by atoms with E-state index in [9.17, 15) is 23.3 Å². The van der Waals surface area contributed by atoms with Crippen LogP contribution in [0.15, 0.2) is 23.1 Å². The Kier molecular flexibility index (Phi) is 6.74. The Balaban J connectivity index is 1.75. The first-order chi connectivity index (χ1) is 13.8. The molecule has 29 heavy (non-hydrogen) atoms. The summed E-state index contributed by atoms with van der Waals surface area (Å²) in [4.78, 5) is 25.0. The van der Waals surface area contributed by atoms with Crippen molar-refractivity contribution in [3.05, 3.63) is 28.3 Å².